The molecule has 0 bridgehead atoms. The highest BCUT2D eigenvalue weighted by Gasteiger charge is 2.03. The molecule has 182 valence electrons. The summed E-state index contributed by atoms with van der Waals surface area (Å²) < 4.78 is 1.02. The van der Waals surface area contributed by atoms with Crippen LogP contribution in [0.15, 0.2) is 12.2 Å². The Bertz CT molecular complexity index is 385. The number of allylic oxidation sites excluding steroid dienone is 1. The van der Waals surface area contributed by atoms with Gasteiger partial charge in [0.15, 0.2) is 0 Å². The predicted octanol–water partition coefficient (Wildman–Crippen LogP) is 2.12. The first-order chi connectivity index (χ1) is 13.7. The highest BCUT2D eigenvalue weighted by Crippen LogP contribution is 2.10. The standard InChI is InChI=1S/C18H34O3.C6H17N2.ClH/c1-2-3-4-11-14-17(19)15-12-9-7-5-6-8-10-13-16-18(20)21;1-8(2,3)6-4-5-7;/h9,12,17,19H,2-8,10-11,13-16H2,1H3,(H,20,21);4-7H2,1-3H3;1H/q;+1;/p-1/b12-9-;;. The number of aliphatic hydroxyl groups excluding tert-OH is 1. The number of carboxylic acids is 1. The summed E-state index contributed by atoms with van der Waals surface area (Å²) >= 11 is 0. The Balaban J connectivity index is -0.000000686. The monoisotopic (exact) mass is 450 g/mol. The molecule has 0 heterocycles. The van der Waals surface area contributed by atoms with Gasteiger partial charge in [0.25, 0.3) is 0 Å². The zero-order valence-electron chi connectivity index (χ0n) is 20.3. The third kappa shape index (κ3) is 34.9. The second kappa shape index (κ2) is 24.6. The molecule has 5 nitrogen and oxygen atoms in total. The molecule has 0 aromatic rings. The number of halogens is 1. The average Bonchev–Trinajstić information content (AvgIpc) is 2.64. The van der Waals surface area contributed by atoms with Gasteiger partial charge >= 0.3 is 5.97 Å². The lowest BCUT2D eigenvalue weighted by Gasteiger charge is -2.23. The van der Waals surface area contributed by atoms with Gasteiger partial charge in [-0.15, -0.1) is 0 Å². The third-order valence-electron chi connectivity index (χ3n) is 4.76. The molecule has 1 unspecified atom stereocenters. The second-order valence-corrected chi connectivity index (χ2v) is 9.07. The Morgan fingerprint density at radius 2 is 1.53 bits per heavy atom. The molecule has 0 aliphatic carbocycles. The maximum Gasteiger partial charge on any atom is 0.303 e. The van der Waals surface area contributed by atoms with Gasteiger partial charge in [-0.3, -0.25) is 4.79 Å². The molecule has 0 rings (SSSR count). The number of aliphatic hydroxyl groups is 1. The lowest BCUT2D eigenvalue weighted by Crippen LogP contribution is -3.00. The number of hydrogen-bond acceptors (Lipinski definition) is 3. The SMILES string of the molecule is CCCCCCC(O)C/C=C\CCCCCCCC(=O)O.C[N+](C)(C)CCCN.[Cl-]. The zero-order chi connectivity index (χ0) is 22.4. The van der Waals surface area contributed by atoms with Crippen LogP contribution in [-0.4, -0.2) is 61.0 Å². The summed E-state index contributed by atoms with van der Waals surface area (Å²) in [7, 11) is 6.53. The minimum Gasteiger partial charge on any atom is -1.00 e. The fourth-order valence-corrected chi connectivity index (χ4v) is 2.93. The topological polar surface area (TPSA) is 83.5 Å². The molecule has 0 saturated carbocycles. The number of nitrogens with two attached hydrogens (primary N) is 1. The number of nitrogens with zero attached hydrogens (tertiary/aromatic N) is 1. The maximum atomic E-state index is 10.3. The highest BCUT2D eigenvalue weighted by atomic mass is 35.5. The average molecular weight is 451 g/mol. The van der Waals surface area contributed by atoms with Crippen molar-refractivity contribution in [2.45, 2.75) is 103 Å². The van der Waals surface area contributed by atoms with Crippen LogP contribution in [0, 0.1) is 0 Å². The molecule has 0 spiro atoms. The second-order valence-electron chi connectivity index (χ2n) is 9.07. The van der Waals surface area contributed by atoms with Crippen LogP contribution in [0.2, 0.25) is 0 Å². The van der Waals surface area contributed by atoms with Crippen molar-refractivity contribution < 1.29 is 31.9 Å². The summed E-state index contributed by atoms with van der Waals surface area (Å²) in [5, 5.41) is 18.3. The summed E-state index contributed by atoms with van der Waals surface area (Å²) in [5.41, 5.74) is 5.33. The number of aliphatic carboxylic acids is 1. The van der Waals surface area contributed by atoms with Crippen molar-refractivity contribution in [3.63, 3.8) is 0 Å². The van der Waals surface area contributed by atoms with Crippen molar-refractivity contribution in [2.75, 3.05) is 34.2 Å². The van der Waals surface area contributed by atoms with E-state index >= 15 is 0 Å². The van der Waals surface area contributed by atoms with Crippen LogP contribution in [0.1, 0.15) is 96.8 Å². The zero-order valence-corrected chi connectivity index (χ0v) is 21.0. The lowest BCUT2D eigenvalue weighted by molar-refractivity contribution is -0.870. The van der Waals surface area contributed by atoms with E-state index in [2.05, 4.69) is 40.2 Å². The van der Waals surface area contributed by atoms with Gasteiger partial charge in [-0.25, -0.2) is 0 Å². The first-order valence-corrected chi connectivity index (χ1v) is 11.8. The van der Waals surface area contributed by atoms with Gasteiger partial charge in [0.1, 0.15) is 0 Å². The molecule has 0 radical (unpaired) electrons. The summed E-state index contributed by atoms with van der Waals surface area (Å²) in [6, 6.07) is 0. The minimum absolute atomic E-state index is 0. The minimum atomic E-state index is -0.689. The normalized spacial score (nSPS) is 12.2. The fraction of sp³-hybridized carbons (Fsp3) is 0.875. The number of rotatable bonds is 18. The van der Waals surface area contributed by atoms with Crippen molar-refractivity contribution >= 4 is 5.97 Å². The van der Waals surface area contributed by atoms with Gasteiger partial charge in [0.05, 0.1) is 33.8 Å². The van der Waals surface area contributed by atoms with E-state index in [-0.39, 0.29) is 18.5 Å². The van der Waals surface area contributed by atoms with E-state index in [0.717, 1.165) is 68.8 Å². The summed E-state index contributed by atoms with van der Waals surface area (Å²) in [4.78, 5) is 10.3. The largest absolute Gasteiger partial charge is 1.00 e. The third-order valence-corrected chi connectivity index (χ3v) is 4.76. The smallest absolute Gasteiger partial charge is 0.303 e. The molecule has 6 heteroatoms. The Labute approximate surface area is 193 Å². The molecule has 0 aromatic heterocycles. The van der Waals surface area contributed by atoms with Gasteiger partial charge in [0, 0.05) is 12.8 Å². The summed E-state index contributed by atoms with van der Waals surface area (Å²) in [6.07, 6.45) is 18.5. The molecule has 0 fully saturated rings. The van der Waals surface area contributed by atoms with Crippen LogP contribution in [0.3, 0.4) is 0 Å². The number of hydrogen-bond donors (Lipinski definition) is 3. The Morgan fingerprint density at radius 1 is 0.933 bits per heavy atom. The quantitative estimate of drug-likeness (QED) is 0.170. The molecule has 4 N–H and O–H groups in total. The molecule has 1 atom stereocenters. The number of carbonyl (C=O) groups is 1. The molecular formula is C24H51ClN2O3. The van der Waals surface area contributed by atoms with Crippen LogP contribution in [0.4, 0.5) is 0 Å². The molecule has 0 aliphatic rings. The number of unbranched alkanes of at least 4 members (excludes halogenated alkanes) is 8. The van der Waals surface area contributed by atoms with Gasteiger partial charge < -0.3 is 32.8 Å². The Morgan fingerprint density at radius 3 is 2.07 bits per heavy atom. The predicted molar refractivity (Wildman–Crippen MR) is 125 cm³/mol. The van der Waals surface area contributed by atoms with Crippen LogP contribution < -0.4 is 18.1 Å². The molecule has 0 saturated heterocycles. The van der Waals surface area contributed by atoms with Gasteiger partial charge in [-0.1, -0.05) is 64.0 Å². The molecular weight excluding hydrogens is 400 g/mol. The van der Waals surface area contributed by atoms with E-state index in [4.69, 9.17) is 10.8 Å². The van der Waals surface area contributed by atoms with E-state index in [1.54, 1.807) is 0 Å². The maximum absolute atomic E-state index is 10.3. The molecule has 0 amide bonds. The molecule has 0 aliphatic heterocycles. The van der Waals surface area contributed by atoms with Crippen molar-refractivity contribution in [3.8, 4) is 0 Å². The summed E-state index contributed by atoms with van der Waals surface area (Å²) in [6.45, 7) is 4.19. The highest BCUT2D eigenvalue weighted by molar-refractivity contribution is 5.66. The van der Waals surface area contributed by atoms with Crippen LogP contribution in [0.5, 0.6) is 0 Å². The Kier molecular flexibility index (Phi) is 27.9. The van der Waals surface area contributed by atoms with E-state index in [0.29, 0.717) is 6.42 Å². The first kappa shape index (κ1) is 34.0. The Hall–Kier alpha value is -0.620. The van der Waals surface area contributed by atoms with Gasteiger partial charge in [-0.05, 0) is 38.6 Å². The van der Waals surface area contributed by atoms with E-state index in [9.17, 15) is 9.90 Å². The lowest BCUT2D eigenvalue weighted by atomic mass is 10.1. The van der Waals surface area contributed by atoms with Gasteiger partial charge in [0.2, 0.25) is 0 Å². The number of carboxylic acid groups (broad SMARTS) is 1. The van der Waals surface area contributed by atoms with Crippen molar-refractivity contribution in [1.82, 2.24) is 0 Å². The summed E-state index contributed by atoms with van der Waals surface area (Å²) in [5.74, 6) is -0.689. The fourth-order valence-electron chi connectivity index (χ4n) is 2.93. The van der Waals surface area contributed by atoms with Gasteiger partial charge in [-0.2, -0.15) is 0 Å². The first-order valence-electron chi connectivity index (χ1n) is 11.8. The van der Waals surface area contributed by atoms with Crippen molar-refractivity contribution in [1.29, 1.82) is 0 Å². The molecule has 0 aromatic carbocycles. The van der Waals surface area contributed by atoms with Crippen LogP contribution in [0.25, 0.3) is 0 Å². The molecule has 30 heavy (non-hydrogen) atoms. The van der Waals surface area contributed by atoms with Crippen molar-refractivity contribution in [3.05, 3.63) is 12.2 Å². The van der Waals surface area contributed by atoms with E-state index in [1.807, 2.05) is 0 Å². The van der Waals surface area contributed by atoms with Crippen molar-refractivity contribution in [2.24, 2.45) is 5.73 Å². The number of quaternary nitrogens is 1. The van der Waals surface area contributed by atoms with Crippen LogP contribution in [-0.2, 0) is 4.79 Å². The van der Waals surface area contributed by atoms with E-state index < -0.39 is 5.97 Å². The van der Waals surface area contributed by atoms with Crippen LogP contribution >= 0.6 is 0 Å². The van der Waals surface area contributed by atoms with E-state index in [1.165, 1.54) is 32.2 Å².